The van der Waals surface area contributed by atoms with Crippen molar-refractivity contribution in [3.8, 4) is 5.75 Å². The smallest absolute Gasteiger partial charge is 0.251 e. The van der Waals surface area contributed by atoms with Gasteiger partial charge >= 0.3 is 0 Å². The maximum absolute atomic E-state index is 12.8. The summed E-state index contributed by atoms with van der Waals surface area (Å²) in [5, 5.41) is 0. The van der Waals surface area contributed by atoms with Gasteiger partial charge in [0.05, 0.1) is 18.1 Å². The molecule has 0 aliphatic carbocycles. The Balaban J connectivity index is 1.35. The zero-order chi connectivity index (χ0) is 21.9. The second-order valence-electron chi connectivity index (χ2n) is 8.76. The van der Waals surface area contributed by atoms with Crippen LogP contribution in [0.25, 0.3) is 11.0 Å². The summed E-state index contributed by atoms with van der Waals surface area (Å²) in [6, 6.07) is 16.9. The lowest BCUT2D eigenvalue weighted by Gasteiger charge is -2.34. The Morgan fingerprint density at radius 3 is 2.62 bits per heavy atom. The van der Waals surface area contributed by atoms with E-state index >= 15 is 0 Å². The molecular formula is C26H31N3O3. The number of aryl methyl sites for hydroxylation is 2. The zero-order valence-corrected chi connectivity index (χ0v) is 18.7. The summed E-state index contributed by atoms with van der Waals surface area (Å²) in [4.78, 5) is 19.8. The highest BCUT2D eigenvalue weighted by Gasteiger charge is 2.32. The van der Waals surface area contributed by atoms with Gasteiger partial charge in [-0.1, -0.05) is 30.3 Å². The Hall–Kier alpha value is -2.86. The number of hydrogen-bond donors (Lipinski definition) is 0. The van der Waals surface area contributed by atoms with Gasteiger partial charge < -0.3 is 18.9 Å². The normalized spacial score (nSPS) is 19.5. The SMILES string of the molecule is COc1ccccc1CCc1nc2ccccc2n1C1CCN(C(=O)C2CCCO2)CC1. The van der Waals surface area contributed by atoms with Gasteiger partial charge in [0.2, 0.25) is 0 Å². The van der Waals surface area contributed by atoms with Gasteiger partial charge in [0, 0.05) is 32.2 Å². The van der Waals surface area contributed by atoms with Crippen LogP contribution in [0.5, 0.6) is 5.75 Å². The van der Waals surface area contributed by atoms with Crippen molar-refractivity contribution in [2.75, 3.05) is 26.8 Å². The summed E-state index contributed by atoms with van der Waals surface area (Å²) in [5.41, 5.74) is 3.43. The molecule has 3 heterocycles. The molecule has 3 aromatic rings. The number of piperidine rings is 1. The van der Waals surface area contributed by atoms with Crippen LogP contribution in [-0.4, -0.2) is 53.3 Å². The molecule has 0 bridgehead atoms. The number of carbonyl (C=O) groups excluding carboxylic acids is 1. The lowest BCUT2D eigenvalue weighted by Crippen LogP contribution is -2.44. The molecule has 0 saturated carbocycles. The fourth-order valence-corrected chi connectivity index (χ4v) is 5.15. The summed E-state index contributed by atoms with van der Waals surface area (Å²) in [6.07, 6.45) is 5.24. The minimum atomic E-state index is -0.225. The molecule has 1 atom stereocenters. The quantitative estimate of drug-likeness (QED) is 0.585. The van der Waals surface area contributed by atoms with E-state index in [4.69, 9.17) is 14.5 Å². The van der Waals surface area contributed by atoms with E-state index < -0.39 is 0 Å². The van der Waals surface area contributed by atoms with Crippen LogP contribution in [0, 0.1) is 0 Å². The molecule has 2 aliphatic rings. The molecule has 0 radical (unpaired) electrons. The van der Waals surface area contributed by atoms with Crippen LogP contribution in [0.1, 0.15) is 43.1 Å². The fraction of sp³-hybridized carbons (Fsp3) is 0.462. The number of rotatable bonds is 6. The van der Waals surface area contributed by atoms with Gasteiger partial charge in [-0.15, -0.1) is 0 Å². The van der Waals surface area contributed by atoms with Gasteiger partial charge in [-0.25, -0.2) is 4.98 Å². The molecule has 2 fully saturated rings. The Morgan fingerprint density at radius 1 is 1.06 bits per heavy atom. The van der Waals surface area contributed by atoms with E-state index in [-0.39, 0.29) is 12.0 Å². The number of hydrogen-bond acceptors (Lipinski definition) is 4. The third kappa shape index (κ3) is 4.11. The van der Waals surface area contributed by atoms with Gasteiger partial charge in [0.1, 0.15) is 17.7 Å². The van der Waals surface area contributed by atoms with E-state index in [1.54, 1.807) is 7.11 Å². The van der Waals surface area contributed by atoms with E-state index in [1.807, 2.05) is 23.1 Å². The van der Waals surface area contributed by atoms with Crippen molar-refractivity contribution in [1.29, 1.82) is 0 Å². The van der Waals surface area contributed by atoms with Gasteiger partial charge in [0.25, 0.3) is 5.91 Å². The monoisotopic (exact) mass is 433 g/mol. The molecule has 2 aromatic carbocycles. The first-order chi connectivity index (χ1) is 15.7. The van der Waals surface area contributed by atoms with E-state index in [9.17, 15) is 4.79 Å². The number of imidazole rings is 1. The number of carbonyl (C=O) groups is 1. The van der Waals surface area contributed by atoms with Crippen molar-refractivity contribution < 1.29 is 14.3 Å². The zero-order valence-electron chi connectivity index (χ0n) is 18.7. The van der Waals surface area contributed by atoms with Crippen molar-refractivity contribution in [3.05, 3.63) is 59.9 Å². The van der Waals surface area contributed by atoms with Gasteiger partial charge in [0.15, 0.2) is 0 Å². The Bertz CT molecular complexity index is 1080. The first-order valence-corrected chi connectivity index (χ1v) is 11.7. The van der Waals surface area contributed by atoms with E-state index in [0.717, 1.165) is 68.7 Å². The number of fused-ring (bicyclic) bond motifs is 1. The maximum atomic E-state index is 12.8. The molecule has 6 nitrogen and oxygen atoms in total. The van der Waals surface area contributed by atoms with Crippen LogP contribution in [0.15, 0.2) is 48.5 Å². The molecule has 0 N–H and O–H groups in total. The molecule has 168 valence electrons. The lowest BCUT2D eigenvalue weighted by molar-refractivity contribution is -0.142. The fourth-order valence-electron chi connectivity index (χ4n) is 5.15. The summed E-state index contributed by atoms with van der Waals surface area (Å²) in [7, 11) is 1.72. The Morgan fingerprint density at radius 2 is 1.84 bits per heavy atom. The minimum Gasteiger partial charge on any atom is -0.496 e. The third-order valence-electron chi connectivity index (χ3n) is 6.83. The minimum absolute atomic E-state index is 0.174. The van der Waals surface area contributed by atoms with Crippen molar-refractivity contribution >= 4 is 16.9 Å². The molecule has 0 spiro atoms. The lowest BCUT2D eigenvalue weighted by atomic mass is 10.0. The standard InChI is InChI=1S/C26H31N3O3/c1-31-23-10-5-2-7-19(23)12-13-25-27-21-8-3-4-9-22(21)29(25)20-14-16-28(17-15-20)26(30)24-11-6-18-32-24/h2-5,7-10,20,24H,6,11-18H2,1H3. The molecule has 1 amide bonds. The highest BCUT2D eigenvalue weighted by Crippen LogP contribution is 2.31. The van der Waals surface area contributed by atoms with Gasteiger partial charge in [-0.05, 0) is 55.9 Å². The molecule has 1 unspecified atom stereocenters. The van der Waals surface area contributed by atoms with Crippen LogP contribution < -0.4 is 4.74 Å². The largest absolute Gasteiger partial charge is 0.496 e. The third-order valence-corrected chi connectivity index (χ3v) is 6.83. The molecule has 6 heteroatoms. The number of nitrogens with zero attached hydrogens (tertiary/aromatic N) is 3. The van der Waals surface area contributed by atoms with Crippen LogP contribution in [-0.2, 0) is 22.4 Å². The van der Waals surface area contributed by atoms with E-state index in [1.165, 1.54) is 11.1 Å². The average molecular weight is 434 g/mol. The van der Waals surface area contributed by atoms with Crippen molar-refractivity contribution in [1.82, 2.24) is 14.5 Å². The van der Waals surface area contributed by atoms with Crippen LogP contribution in [0.3, 0.4) is 0 Å². The Labute approximate surface area is 189 Å². The van der Waals surface area contributed by atoms with Crippen LogP contribution in [0.4, 0.5) is 0 Å². The van der Waals surface area contributed by atoms with Crippen molar-refractivity contribution in [3.63, 3.8) is 0 Å². The van der Waals surface area contributed by atoms with Crippen LogP contribution in [0.2, 0.25) is 0 Å². The number of ether oxygens (including phenoxy) is 2. The van der Waals surface area contributed by atoms with Crippen molar-refractivity contribution in [2.45, 2.75) is 50.7 Å². The second kappa shape index (κ2) is 9.33. The number of likely N-dealkylation sites (tertiary alicyclic amines) is 1. The number of aromatic nitrogens is 2. The van der Waals surface area contributed by atoms with Crippen LogP contribution >= 0.6 is 0 Å². The molecule has 32 heavy (non-hydrogen) atoms. The summed E-state index contributed by atoms with van der Waals surface area (Å²) >= 11 is 0. The predicted molar refractivity (Wildman–Crippen MR) is 124 cm³/mol. The van der Waals surface area contributed by atoms with Gasteiger partial charge in [-0.3, -0.25) is 4.79 Å². The number of methoxy groups -OCH3 is 1. The van der Waals surface area contributed by atoms with Gasteiger partial charge in [-0.2, -0.15) is 0 Å². The summed E-state index contributed by atoms with van der Waals surface area (Å²) in [5.74, 6) is 2.21. The van der Waals surface area contributed by atoms with Crippen molar-refractivity contribution in [2.24, 2.45) is 0 Å². The number of para-hydroxylation sites is 3. The maximum Gasteiger partial charge on any atom is 0.251 e. The topological polar surface area (TPSA) is 56.6 Å². The molecular weight excluding hydrogens is 402 g/mol. The highest BCUT2D eigenvalue weighted by atomic mass is 16.5. The first kappa shape index (κ1) is 21.0. The molecule has 2 aliphatic heterocycles. The first-order valence-electron chi connectivity index (χ1n) is 11.7. The summed E-state index contributed by atoms with van der Waals surface area (Å²) in [6.45, 7) is 2.27. The average Bonchev–Trinajstić information content (AvgIpc) is 3.51. The predicted octanol–water partition coefficient (Wildman–Crippen LogP) is 4.17. The number of amides is 1. The number of benzene rings is 2. The van der Waals surface area contributed by atoms with E-state index in [2.05, 4.69) is 34.9 Å². The molecule has 1 aromatic heterocycles. The summed E-state index contributed by atoms with van der Waals surface area (Å²) < 4.78 is 13.6. The second-order valence-corrected chi connectivity index (χ2v) is 8.76. The molecule has 2 saturated heterocycles. The Kier molecular flexibility index (Phi) is 6.12. The molecule has 5 rings (SSSR count). The highest BCUT2D eigenvalue weighted by molar-refractivity contribution is 5.81. The van der Waals surface area contributed by atoms with E-state index in [0.29, 0.717) is 12.6 Å².